The van der Waals surface area contributed by atoms with E-state index < -0.39 is 10.0 Å². The highest BCUT2D eigenvalue weighted by molar-refractivity contribution is 7.91. The summed E-state index contributed by atoms with van der Waals surface area (Å²) < 4.78 is 27.2. The normalized spacial score (nSPS) is 15.3. The van der Waals surface area contributed by atoms with E-state index in [1.807, 2.05) is 11.9 Å². The van der Waals surface area contributed by atoms with Crippen LogP contribution in [-0.2, 0) is 16.6 Å². The van der Waals surface area contributed by atoms with Crippen molar-refractivity contribution in [2.24, 2.45) is 4.99 Å². The predicted octanol–water partition coefficient (Wildman–Crippen LogP) is 2.72. The molecule has 1 aliphatic rings. The summed E-state index contributed by atoms with van der Waals surface area (Å²) in [4.78, 5) is 8.79. The number of hydrogen-bond donors (Lipinski definition) is 2. The maximum atomic E-state index is 12.2. The topological polar surface area (TPSA) is 77.0 Å². The first-order chi connectivity index (χ1) is 14.5. The van der Waals surface area contributed by atoms with Crippen LogP contribution in [-0.4, -0.2) is 59.6 Å². The number of piperidine rings is 1. The number of nitrogens with one attached hydrogen (secondary N) is 2. The van der Waals surface area contributed by atoms with Crippen LogP contribution in [0.15, 0.2) is 51.0 Å². The van der Waals surface area contributed by atoms with Crippen molar-refractivity contribution in [2.75, 3.05) is 45.2 Å². The first kappa shape index (κ1) is 22.6. The van der Waals surface area contributed by atoms with Gasteiger partial charge in [-0.25, -0.2) is 13.1 Å². The second-order valence-electron chi connectivity index (χ2n) is 7.37. The van der Waals surface area contributed by atoms with Gasteiger partial charge in [0.2, 0.25) is 10.0 Å². The minimum atomic E-state index is -3.43. The molecule has 30 heavy (non-hydrogen) atoms. The first-order valence-corrected chi connectivity index (χ1v) is 12.6. The van der Waals surface area contributed by atoms with Crippen LogP contribution in [0.5, 0.6) is 0 Å². The van der Waals surface area contributed by atoms with Gasteiger partial charge in [-0.05, 0) is 48.4 Å². The van der Waals surface area contributed by atoms with Crippen LogP contribution in [0.3, 0.4) is 0 Å². The number of aliphatic imine (C=N–C) groups is 1. The van der Waals surface area contributed by atoms with E-state index >= 15 is 0 Å². The van der Waals surface area contributed by atoms with Crippen molar-refractivity contribution in [3.63, 3.8) is 0 Å². The van der Waals surface area contributed by atoms with Gasteiger partial charge in [0.1, 0.15) is 4.21 Å². The number of hydrogen-bond acceptors (Lipinski definition) is 5. The van der Waals surface area contributed by atoms with Gasteiger partial charge in [-0.15, -0.1) is 11.3 Å². The van der Waals surface area contributed by atoms with Crippen molar-refractivity contribution in [3.05, 3.63) is 47.3 Å². The predicted molar refractivity (Wildman–Crippen MR) is 125 cm³/mol. The Balaban J connectivity index is 1.46. The van der Waals surface area contributed by atoms with Crippen molar-refractivity contribution in [1.29, 1.82) is 0 Å². The lowest BCUT2D eigenvalue weighted by Crippen LogP contribution is -2.42. The molecule has 0 unspecified atom stereocenters. The fourth-order valence-electron chi connectivity index (χ4n) is 3.54. The Hall–Kier alpha value is -2.10. The third-order valence-corrected chi connectivity index (χ3v) is 7.97. The van der Waals surface area contributed by atoms with E-state index in [0.717, 1.165) is 25.6 Å². The average Bonchev–Trinajstić information content (AvgIpc) is 3.31. The highest BCUT2D eigenvalue weighted by atomic mass is 32.2. The summed E-state index contributed by atoms with van der Waals surface area (Å²) >= 11 is 1.21. The summed E-state index contributed by atoms with van der Waals surface area (Å²) in [6.45, 7) is 3.76. The van der Waals surface area contributed by atoms with Crippen LogP contribution in [0.2, 0.25) is 0 Å². The monoisotopic (exact) mass is 449 g/mol. The molecule has 1 aliphatic heterocycles. The molecule has 1 aromatic heterocycles. The second kappa shape index (κ2) is 10.8. The van der Waals surface area contributed by atoms with E-state index in [1.54, 1.807) is 24.6 Å². The zero-order chi connectivity index (χ0) is 21.4. The van der Waals surface area contributed by atoms with Crippen molar-refractivity contribution in [1.82, 2.24) is 14.9 Å². The van der Waals surface area contributed by atoms with Crippen LogP contribution in [0, 0.1) is 0 Å². The van der Waals surface area contributed by atoms with Gasteiger partial charge < -0.3 is 15.1 Å². The van der Waals surface area contributed by atoms with Crippen LogP contribution in [0.1, 0.15) is 24.8 Å². The van der Waals surface area contributed by atoms with Gasteiger partial charge in [0.15, 0.2) is 5.96 Å². The number of anilines is 1. The molecule has 0 amide bonds. The van der Waals surface area contributed by atoms with Crippen LogP contribution < -0.4 is 14.9 Å². The van der Waals surface area contributed by atoms with Crippen LogP contribution in [0.25, 0.3) is 0 Å². The summed E-state index contributed by atoms with van der Waals surface area (Å²) in [6.07, 6.45) is 3.88. The number of nitrogens with zero attached hydrogens (tertiary/aromatic N) is 3. The van der Waals surface area contributed by atoms with Gasteiger partial charge in [-0.1, -0.05) is 18.2 Å². The lowest BCUT2D eigenvalue weighted by molar-refractivity contribution is 0.477. The highest BCUT2D eigenvalue weighted by Gasteiger charge is 2.15. The number of sulfonamides is 1. The minimum absolute atomic E-state index is 0.289. The van der Waals surface area contributed by atoms with Gasteiger partial charge in [0.05, 0.1) is 0 Å². The lowest BCUT2D eigenvalue weighted by atomic mass is 10.1. The van der Waals surface area contributed by atoms with Crippen molar-refractivity contribution in [2.45, 2.75) is 30.0 Å². The fourth-order valence-corrected chi connectivity index (χ4v) is 5.61. The molecule has 3 rings (SSSR count). The van der Waals surface area contributed by atoms with Crippen molar-refractivity contribution < 1.29 is 8.42 Å². The SMILES string of the molecule is CN=C(NCCNS(=O)(=O)c1cccs1)N(C)Cc1ccc(N2CCCCC2)cc1. The summed E-state index contributed by atoms with van der Waals surface area (Å²) in [5.74, 6) is 0.727. The molecule has 0 aliphatic carbocycles. The molecule has 7 nitrogen and oxygen atoms in total. The molecule has 2 N–H and O–H groups in total. The second-order valence-corrected chi connectivity index (χ2v) is 10.3. The molecule has 9 heteroatoms. The minimum Gasteiger partial charge on any atom is -0.372 e. The first-order valence-electron chi connectivity index (χ1n) is 10.3. The Morgan fingerprint density at radius 1 is 1.13 bits per heavy atom. The van der Waals surface area contributed by atoms with Crippen molar-refractivity contribution >= 4 is 33.0 Å². The zero-order valence-corrected chi connectivity index (χ0v) is 19.3. The Kier molecular flexibility index (Phi) is 8.12. The molecule has 2 heterocycles. The standard InChI is InChI=1S/C21H31N5O2S2/c1-22-21(23-12-13-24-30(27,28)20-7-6-16-29-20)25(2)17-18-8-10-19(11-9-18)26-14-4-3-5-15-26/h6-11,16,24H,3-5,12-15,17H2,1-2H3,(H,22,23). The smallest absolute Gasteiger partial charge is 0.250 e. The fraction of sp³-hybridized carbons (Fsp3) is 0.476. The maximum absolute atomic E-state index is 12.2. The number of rotatable bonds is 8. The maximum Gasteiger partial charge on any atom is 0.250 e. The molecule has 1 aromatic carbocycles. The number of benzene rings is 1. The molecule has 1 saturated heterocycles. The molecule has 1 fully saturated rings. The summed E-state index contributed by atoms with van der Waals surface area (Å²) in [5, 5.41) is 4.97. The Morgan fingerprint density at radius 2 is 1.87 bits per heavy atom. The number of guanidine groups is 1. The van der Waals surface area contributed by atoms with E-state index in [4.69, 9.17) is 0 Å². The molecule has 0 saturated carbocycles. The van der Waals surface area contributed by atoms with Crippen LogP contribution >= 0.6 is 11.3 Å². The zero-order valence-electron chi connectivity index (χ0n) is 17.7. The number of thiophene rings is 1. The summed E-state index contributed by atoms with van der Waals surface area (Å²) in [7, 11) is 0.273. The molecule has 2 aromatic rings. The van der Waals surface area contributed by atoms with E-state index in [9.17, 15) is 8.42 Å². The summed E-state index contributed by atoms with van der Waals surface area (Å²) in [5.41, 5.74) is 2.50. The van der Waals surface area contributed by atoms with E-state index in [0.29, 0.717) is 10.8 Å². The third-order valence-electron chi connectivity index (χ3n) is 5.11. The quantitative estimate of drug-likeness (QED) is 0.368. The lowest BCUT2D eigenvalue weighted by Gasteiger charge is -2.29. The molecule has 0 radical (unpaired) electrons. The Morgan fingerprint density at radius 3 is 2.50 bits per heavy atom. The molecule has 0 bridgehead atoms. The van der Waals surface area contributed by atoms with E-state index in [2.05, 4.69) is 44.2 Å². The van der Waals surface area contributed by atoms with Gasteiger partial charge in [-0.2, -0.15) is 0 Å². The van der Waals surface area contributed by atoms with Gasteiger partial charge >= 0.3 is 0 Å². The van der Waals surface area contributed by atoms with Crippen molar-refractivity contribution in [3.8, 4) is 0 Å². The van der Waals surface area contributed by atoms with E-state index in [1.165, 1.54) is 41.9 Å². The molecule has 0 atom stereocenters. The highest BCUT2D eigenvalue weighted by Crippen LogP contribution is 2.20. The van der Waals surface area contributed by atoms with Gasteiger partial charge in [0, 0.05) is 52.5 Å². The van der Waals surface area contributed by atoms with E-state index in [-0.39, 0.29) is 6.54 Å². The average molecular weight is 450 g/mol. The van der Waals surface area contributed by atoms with Crippen LogP contribution in [0.4, 0.5) is 5.69 Å². The summed E-state index contributed by atoms with van der Waals surface area (Å²) in [6, 6.07) is 12.1. The molecule has 164 valence electrons. The Labute approximate surface area is 183 Å². The molecular weight excluding hydrogens is 418 g/mol. The third kappa shape index (κ3) is 6.20. The Bertz CT molecular complexity index is 905. The largest absolute Gasteiger partial charge is 0.372 e. The molecular formula is C21H31N5O2S2. The van der Waals surface area contributed by atoms with Gasteiger partial charge in [-0.3, -0.25) is 4.99 Å². The van der Waals surface area contributed by atoms with Gasteiger partial charge in [0.25, 0.3) is 0 Å². The molecule has 0 spiro atoms.